The molecule has 0 aromatic carbocycles. The molecule has 5 heteroatoms. The van der Waals surface area contributed by atoms with E-state index in [1.807, 2.05) is 11.8 Å². The summed E-state index contributed by atoms with van der Waals surface area (Å²) in [6.07, 6.45) is 2.19. The molecule has 0 spiro atoms. The molecule has 0 radical (unpaired) electrons. The molecule has 0 aliphatic carbocycles. The van der Waals surface area contributed by atoms with Crippen molar-refractivity contribution in [1.29, 1.82) is 0 Å². The van der Waals surface area contributed by atoms with Crippen molar-refractivity contribution in [2.24, 2.45) is 11.7 Å². The van der Waals surface area contributed by atoms with Crippen LogP contribution in [0.25, 0.3) is 0 Å². The van der Waals surface area contributed by atoms with Gasteiger partial charge in [0.05, 0.1) is 18.6 Å². The molecule has 0 bridgehead atoms. The minimum Gasteiger partial charge on any atom is -0.378 e. The van der Waals surface area contributed by atoms with Crippen molar-refractivity contribution in [3.63, 3.8) is 0 Å². The minimum atomic E-state index is 0.0815. The van der Waals surface area contributed by atoms with Crippen LogP contribution in [0.1, 0.15) is 26.7 Å². The average Bonchev–Trinajstić information content (AvgIpc) is 2.87. The lowest BCUT2D eigenvalue weighted by molar-refractivity contribution is -0.137. The number of carbonyl (C=O) groups excluding carboxylic acids is 1. The van der Waals surface area contributed by atoms with Gasteiger partial charge in [-0.25, -0.2) is 0 Å². The number of nitrogens with zero attached hydrogens (tertiary/aromatic N) is 2. The Morgan fingerprint density at radius 1 is 1.37 bits per heavy atom. The van der Waals surface area contributed by atoms with Gasteiger partial charge in [-0.05, 0) is 19.8 Å². The van der Waals surface area contributed by atoms with Crippen LogP contribution in [0.15, 0.2) is 0 Å². The predicted octanol–water partition coefficient (Wildman–Crippen LogP) is 0.293. The first kappa shape index (κ1) is 14.8. The first-order valence-corrected chi connectivity index (χ1v) is 7.50. The summed E-state index contributed by atoms with van der Waals surface area (Å²) in [6, 6.07) is 0.465. The maximum Gasteiger partial charge on any atom is 0.228 e. The molecule has 1 amide bonds. The highest BCUT2D eigenvalue weighted by atomic mass is 16.5. The third-order valence-electron chi connectivity index (χ3n) is 4.43. The van der Waals surface area contributed by atoms with Gasteiger partial charge in [0, 0.05) is 38.8 Å². The molecule has 2 fully saturated rings. The summed E-state index contributed by atoms with van der Waals surface area (Å²) in [4.78, 5) is 16.8. The fourth-order valence-electron chi connectivity index (χ4n) is 3.13. The Bertz CT molecular complexity index is 299. The third-order valence-corrected chi connectivity index (χ3v) is 4.43. The second-order valence-corrected chi connectivity index (χ2v) is 5.74. The van der Waals surface area contributed by atoms with Gasteiger partial charge in [0.2, 0.25) is 5.91 Å². The Balaban J connectivity index is 1.81. The number of hydrogen-bond donors (Lipinski definition) is 1. The summed E-state index contributed by atoms with van der Waals surface area (Å²) in [7, 11) is 0. The summed E-state index contributed by atoms with van der Waals surface area (Å²) in [5.74, 6) is 0.364. The monoisotopic (exact) mass is 269 g/mol. The summed E-state index contributed by atoms with van der Waals surface area (Å²) < 4.78 is 5.50. The smallest absolute Gasteiger partial charge is 0.228 e. The average molecular weight is 269 g/mol. The molecule has 19 heavy (non-hydrogen) atoms. The van der Waals surface area contributed by atoms with Gasteiger partial charge < -0.3 is 15.4 Å². The summed E-state index contributed by atoms with van der Waals surface area (Å²) >= 11 is 0. The largest absolute Gasteiger partial charge is 0.378 e. The standard InChI is InChI=1S/C14H27N3O2/c1-3-13(9-15)16-4-6-17(7-5-16)14(18)12-8-11(2)19-10-12/h11-13H,3-10,15H2,1-2H3. The van der Waals surface area contributed by atoms with Gasteiger partial charge in [0.25, 0.3) is 0 Å². The Morgan fingerprint density at radius 3 is 2.53 bits per heavy atom. The molecule has 3 atom stereocenters. The molecular formula is C14H27N3O2. The molecule has 3 unspecified atom stereocenters. The van der Waals surface area contributed by atoms with E-state index in [4.69, 9.17) is 10.5 Å². The van der Waals surface area contributed by atoms with Crippen LogP contribution >= 0.6 is 0 Å². The third kappa shape index (κ3) is 3.46. The van der Waals surface area contributed by atoms with Crippen LogP contribution in [0.4, 0.5) is 0 Å². The van der Waals surface area contributed by atoms with E-state index in [1.165, 1.54) is 0 Å². The molecule has 110 valence electrons. The number of hydrogen-bond acceptors (Lipinski definition) is 4. The molecular weight excluding hydrogens is 242 g/mol. The van der Waals surface area contributed by atoms with E-state index >= 15 is 0 Å². The van der Waals surface area contributed by atoms with Crippen molar-refractivity contribution in [2.45, 2.75) is 38.8 Å². The van der Waals surface area contributed by atoms with Crippen molar-refractivity contribution < 1.29 is 9.53 Å². The zero-order valence-electron chi connectivity index (χ0n) is 12.2. The molecule has 2 heterocycles. The van der Waals surface area contributed by atoms with Crippen molar-refractivity contribution in [2.75, 3.05) is 39.3 Å². The molecule has 5 nitrogen and oxygen atoms in total. The van der Waals surface area contributed by atoms with Crippen molar-refractivity contribution in [1.82, 2.24) is 9.80 Å². The number of rotatable bonds is 4. The van der Waals surface area contributed by atoms with Crippen LogP contribution in [0.5, 0.6) is 0 Å². The maximum absolute atomic E-state index is 12.4. The highest BCUT2D eigenvalue weighted by molar-refractivity contribution is 5.79. The van der Waals surface area contributed by atoms with Gasteiger partial charge in [-0.3, -0.25) is 9.69 Å². The second kappa shape index (κ2) is 6.68. The van der Waals surface area contributed by atoms with E-state index in [0.717, 1.165) is 39.0 Å². The molecule has 0 aromatic heterocycles. The van der Waals surface area contributed by atoms with E-state index in [9.17, 15) is 4.79 Å². The van der Waals surface area contributed by atoms with Crippen molar-refractivity contribution >= 4 is 5.91 Å². The Labute approximate surface area is 116 Å². The number of amides is 1. The lowest BCUT2D eigenvalue weighted by Crippen LogP contribution is -2.54. The maximum atomic E-state index is 12.4. The van der Waals surface area contributed by atoms with Crippen LogP contribution in [-0.2, 0) is 9.53 Å². The van der Waals surface area contributed by atoms with Crippen molar-refractivity contribution in [3.8, 4) is 0 Å². The van der Waals surface area contributed by atoms with Crippen LogP contribution in [0.2, 0.25) is 0 Å². The highest BCUT2D eigenvalue weighted by Crippen LogP contribution is 2.22. The Hall–Kier alpha value is -0.650. The first-order chi connectivity index (χ1) is 9.15. The zero-order chi connectivity index (χ0) is 13.8. The van der Waals surface area contributed by atoms with Crippen LogP contribution < -0.4 is 5.73 Å². The highest BCUT2D eigenvalue weighted by Gasteiger charge is 2.33. The van der Waals surface area contributed by atoms with E-state index < -0.39 is 0 Å². The Kier molecular flexibility index (Phi) is 5.19. The fraction of sp³-hybridized carbons (Fsp3) is 0.929. The lowest BCUT2D eigenvalue weighted by Gasteiger charge is -2.39. The fourth-order valence-corrected chi connectivity index (χ4v) is 3.13. The molecule has 2 rings (SSSR count). The summed E-state index contributed by atoms with van der Waals surface area (Å²) in [5.41, 5.74) is 5.78. The SMILES string of the molecule is CCC(CN)N1CCN(C(=O)C2COC(C)C2)CC1. The van der Waals surface area contributed by atoms with Gasteiger partial charge in [0.15, 0.2) is 0 Å². The molecule has 2 N–H and O–H groups in total. The van der Waals surface area contributed by atoms with E-state index in [-0.39, 0.29) is 17.9 Å². The molecule has 2 aliphatic rings. The first-order valence-electron chi connectivity index (χ1n) is 7.50. The van der Waals surface area contributed by atoms with Gasteiger partial charge in [-0.1, -0.05) is 6.92 Å². The lowest BCUT2D eigenvalue weighted by atomic mass is 10.0. The molecule has 0 aromatic rings. The number of piperazine rings is 1. The molecule has 2 saturated heterocycles. The quantitative estimate of drug-likeness (QED) is 0.797. The van der Waals surface area contributed by atoms with E-state index in [0.29, 0.717) is 19.2 Å². The normalized spacial score (nSPS) is 30.6. The van der Waals surface area contributed by atoms with Crippen LogP contribution in [0.3, 0.4) is 0 Å². The summed E-state index contributed by atoms with van der Waals surface area (Å²) in [5, 5.41) is 0. The van der Waals surface area contributed by atoms with Crippen LogP contribution in [0, 0.1) is 5.92 Å². The number of ether oxygens (including phenoxy) is 1. The molecule has 2 aliphatic heterocycles. The van der Waals surface area contributed by atoms with Gasteiger partial charge in [0.1, 0.15) is 0 Å². The topological polar surface area (TPSA) is 58.8 Å². The van der Waals surface area contributed by atoms with E-state index in [2.05, 4.69) is 11.8 Å². The minimum absolute atomic E-state index is 0.0815. The number of carbonyl (C=O) groups is 1. The van der Waals surface area contributed by atoms with Crippen LogP contribution in [-0.4, -0.2) is 67.2 Å². The summed E-state index contributed by atoms with van der Waals surface area (Å²) in [6.45, 7) is 9.08. The van der Waals surface area contributed by atoms with Gasteiger partial charge in [-0.2, -0.15) is 0 Å². The van der Waals surface area contributed by atoms with Crippen molar-refractivity contribution in [3.05, 3.63) is 0 Å². The van der Waals surface area contributed by atoms with E-state index in [1.54, 1.807) is 0 Å². The molecule has 0 saturated carbocycles. The number of nitrogens with two attached hydrogens (primary N) is 1. The predicted molar refractivity (Wildman–Crippen MR) is 74.8 cm³/mol. The Morgan fingerprint density at radius 2 is 2.05 bits per heavy atom. The van der Waals surface area contributed by atoms with Gasteiger partial charge >= 0.3 is 0 Å². The van der Waals surface area contributed by atoms with Gasteiger partial charge in [-0.15, -0.1) is 0 Å². The zero-order valence-corrected chi connectivity index (χ0v) is 12.2. The second-order valence-electron chi connectivity index (χ2n) is 5.74.